The maximum Gasteiger partial charge on any atom is 0.242 e. The van der Waals surface area contributed by atoms with E-state index in [1.807, 2.05) is 0 Å². The molecule has 3 rings (SSSR count). The van der Waals surface area contributed by atoms with E-state index in [0.717, 1.165) is 0 Å². The smallest absolute Gasteiger partial charge is 0.242 e. The summed E-state index contributed by atoms with van der Waals surface area (Å²) < 4.78 is 51.3. The van der Waals surface area contributed by atoms with E-state index in [2.05, 4.69) is 9.71 Å². The molecule has 122 valence electrons. The monoisotopic (exact) mass is 338 g/mol. The highest BCUT2D eigenvalue weighted by atomic mass is 32.2. The van der Waals surface area contributed by atoms with Crippen molar-refractivity contribution in [3.05, 3.63) is 47.9 Å². The van der Waals surface area contributed by atoms with Crippen LogP contribution in [0.2, 0.25) is 0 Å². The Bertz CT molecular complexity index is 809. The van der Waals surface area contributed by atoms with Crippen molar-refractivity contribution in [3.8, 4) is 11.6 Å². The summed E-state index contributed by atoms with van der Waals surface area (Å²) in [6, 6.07) is 6.38. The van der Waals surface area contributed by atoms with Crippen molar-refractivity contribution in [3.63, 3.8) is 0 Å². The second-order valence-electron chi connectivity index (χ2n) is 5.03. The molecule has 2 aromatic rings. The molecule has 0 fully saturated rings. The average Bonchev–Trinajstić information content (AvgIpc) is 2.55. The Hall–Kier alpha value is -2.19. The molecule has 0 aliphatic carbocycles. The van der Waals surface area contributed by atoms with Gasteiger partial charge in [0.2, 0.25) is 15.9 Å². The number of nitrogens with zero attached hydrogens (tertiary/aromatic N) is 1. The number of fused-ring (bicyclic) bond motifs is 1. The van der Waals surface area contributed by atoms with Crippen molar-refractivity contribution in [1.82, 2.24) is 9.71 Å². The minimum absolute atomic E-state index is 0.0164. The quantitative estimate of drug-likeness (QED) is 0.923. The number of aromatic nitrogens is 1. The van der Waals surface area contributed by atoms with E-state index in [-0.39, 0.29) is 4.90 Å². The second kappa shape index (κ2) is 6.13. The molecule has 1 atom stereocenters. The summed E-state index contributed by atoms with van der Waals surface area (Å²) in [5.41, 5.74) is 0.487. The van der Waals surface area contributed by atoms with Gasteiger partial charge in [-0.2, -0.15) is 0 Å². The second-order valence-corrected chi connectivity index (χ2v) is 6.74. The predicted octanol–water partition coefficient (Wildman–Crippen LogP) is 2.03. The third-order valence-corrected chi connectivity index (χ3v) is 4.99. The van der Waals surface area contributed by atoms with Crippen LogP contribution < -0.4 is 14.2 Å². The molecular formula is C15H15FN2O4S. The van der Waals surface area contributed by atoms with Gasteiger partial charge in [-0.1, -0.05) is 0 Å². The zero-order valence-electron chi connectivity index (χ0n) is 12.3. The summed E-state index contributed by atoms with van der Waals surface area (Å²) in [5, 5.41) is 0. The van der Waals surface area contributed by atoms with Gasteiger partial charge in [-0.3, -0.25) is 0 Å². The van der Waals surface area contributed by atoms with Gasteiger partial charge in [0.15, 0.2) is 0 Å². The van der Waals surface area contributed by atoms with Crippen molar-refractivity contribution in [2.75, 3.05) is 13.7 Å². The van der Waals surface area contributed by atoms with E-state index in [0.29, 0.717) is 30.2 Å². The van der Waals surface area contributed by atoms with Crippen LogP contribution in [0.5, 0.6) is 11.6 Å². The molecule has 0 bridgehead atoms. The van der Waals surface area contributed by atoms with Gasteiger partial charge in [-0.25, -0.2) is 22.5 Å². The van der Waals surface area contributed by atoms with E-state index >= 15 is 0 Å². The molecule has 8 heteroatoms. The normalized spacial score (nSPS) is 17.2. The molecule has 1 unspecified atom stereocenters. The molecular weight excluding hydrogens is 323 g/mol. The third-order valence-electron chi connectivity index (χ3n) is 3.54. The van der Waals surface area contributed by atoms with Crippen LogP contribution in [0.4, 0.5) is 4.39 Å². The molecule has 1 aliphatic heterocycles. The molecule has 6 nitrogen and oxygen atoms in total. The van der Waals surface area contributed by atoms with Crippen LogP contribution in [0.3, 0.4) is 0 Å². The SMILES string of the molecule is COc1ccc(S(=O)(=O)NC2CCOc3ccc(F)cc32)cn1. The van der Waals surface area contributed by atoms with Crippen LogP contribution in [0, 0.1) is 5.82 Å². The molecule has 1 N–H and O–H groups in total. The van der Waals surface area contributed by atoms with Crippen molar-refractivity contribution in [2.45, 2.75) is 17.4 Å². The van der Waals surface area contributed by atoms with Gasteiger partial charge in [-0.15, -0.1) is 0 Å². The lowest BCUT2D eigenvalue weighted by atomic mass is 10.0. The molecule has 0 amide bonds. The summed E-state index contributed by atoms with van der Waals surface area (Å²) >= 11 is 0. The standard InChI is InChI=1S/C15H15FN2O4S/c1-21-15-5-3-11(9-17-15)23(19,20)18-13-6-7-22-14-4-2-10(16)8-12(13)14/h2-5,8-9,13,18H,6-7H2,1H3. The number of pyridine rings is 1. The minimum Gasteiger partial charge on any atom is -0.493 e. The highest BCUT2D eigenvalue weighted by Gasteiger charge is 2.27. The molecule has 23 heavy (non-hydrogen) atoms. The minimum atomic E-state index is -3.79. The number of nitrogens with one attached hydrogen (secondary N) is 1. The first-order chi connectivity index (χ1) is 11.0. The molecule has 0 saturated carbocycles. The van der Waals surface area contributed by atoms with Crippen LogP contribution in [0.25, 0.3) is 0 Å². The maximum atomic E-state index is 13.5. The summed E-state index contributed by atoms with van der Waals surface area (Å²) in [6.07, 6.45) is 1.63. The van der Waals surface area contributed by atoms with Crippen LogP contribution in [-0.4, -0.2) is 27.1 Å². The van der Waals surface area contributed by atoms with Gasteiger partial charge in [0.25, 0.3) is 0 Å². The maximum absolute atomic E-state index is 13.5. The van der Waals surface area contributed by atoms with Crippen LogP contribution >= 0.6 is 0 Å². The van der Waals surface area contributed by atoms with Gasteiger partial charge < -0.3 is 9.47 Å². The third kappa shape index (κ3) is 3.27. The Morgan fingerprint density at radius 2 is 2.17 bits per heavy atom. The molecule has 1 aromatic heterocycles. The fourth-order valence-corrected chi connectivity index (χ4v) is 3.58. The lowest BCUT2D eigenvalue weighted by Gasteiger charge is -2.26. The first-order valence-electron chi connectivity index (χ1n) is 6.94. The van der Waals surface area contributed by atoms with E-state index < -0.39 is 21.9 Å². The van der Waals surface area contributed by atoms with Gasteiger partial charge in [-0.05, 0) is 24.3 Å². The number of hydrogen-bond acceptors (Lipinski definition) is 5. The summed E-state index contributed by atoms with van der Waals surface area (Å²) in [5.74, 6) is 0.366. The first kappa shape index (κ1) is 15.7. The van der Waals surface area contributed by atoms with Gasteiger partial charge in [0.05, 0.1) is 26.0 Å². The number of ether oxygens (including phenoxy) is 2. The fourth-order valence-electron chi connectivity index (χ4n) is 2.39. The van der Waals surface area contributed by atoms with Crippen LogP contribution in [-0.2, 0) is 10.0 Å². The Morgan fingerprint density at radius 1 is 1.35 bits per heavy atom. The van der Waals surface area contributed by atoms with Crippen LogP contribution in [0.1, 0.15) is 18.0 Å². The van der Waals surface area contributed by atoms with Crippen molar-refractivity contribution in [2.24, 2.45) is 0 Å². The number of rotatable bonds is 4. The lowest BCUT2D eigenvalue weighted by Crippen LogP contribution is -2.32. The number of benzene rings is 1. The Morgan fingerprint density at radius 3 is 2.87 bits per heavy atom. The van der Waals surface area contributed by atoms with Gasteiger partial charge >= 0.3 is 0 Å². The number of hydrogen-bond donors (Lipinski definition) is 1. The first-order valence-corrected chi connectivity index (χ1v) is 8.42. The summed E-state index contributed by atoms with van der Waals surface area (Å²) in [6.45, 7) is 0.354. The van der Waals surface area contributed by atoms with E-state index in [4.69, 9.17) is 9.47 Å². The van der Waals surface area contributed by atoms with Gasteiger partial charge in [0, 0.05) is 18.1 Å². The van der Waals surface area contributed by atoms with E-state index in [9.17, 15) is 12.8 Å². The zero-order valence-corrected chi connectivity index (χ0v) is 13.1. The largest absolute Gasteiger partial charge is 0.493 e. The summed E-state index contributed by atoms with van der Waals surface area (Å²) in [4.78, 5) is 3.91. The molecule has 0 saturated heterocycles. The molecule has 0 spiro atoms. The van der Waals surface area contributed by atoms with Gasteiger partial charge in [0.1, 0.15) is 16.5 Å². The van der Waals surface area contributed by atoms with Crippen LogP contribution in [0.15, 0.2) is 41.4 Å². The fraction of sp³-hybridized carbons (Fsp3) is 0.267. The highest BCUT2D eigenvalue weighted by molar-refractivity contribution is 7.89. The predicted molar refractivity (Wildman–Crippen MR) is 80.4 cm³/mol. The summed E-state index contributed by atoms with van der Waals surface area (Å²) in [7, 11) is -2.34. The Labute approximate surface area is 133 Å². The average molecular weight is 338 g/mol. The molecule has 0 radical (unpaired) electrons. The van der Waals surface area contributed by atoms with E-state index in [1.165, 1.54) is 43.6 Å². The molecule has 1 aliphatic rings. The number of halogens is 1. The van der Waals surface area contributed by atoms with Crippen molar-refractivity contribution >= 4 is 10.0 Å². The van der Waals surface area contributed by atoms with Crippen molar-refractivity contribution < 1.29 is 22.3 Å². The lowest BCUT2D eigenvalue weighted by molar-refractivity contribution is 0.262. The highest BCUT2D eigenvalue weighted by Crippen LogP contribution is 2.33. The Balaban J connectivity index is 1.88. The van der Waals surface area contributed by atoms with Crippen molar-refractivity contribution in [1.29, 1.82) is 0 Å². The topological polar surface area (TPSA) is 77.5 Å². The Kier molecular flexibility index (Phi) is 4.18. The number of sulfonamides is 1. The van der Waals surface area contributed by atoms with E-state index in [1.54, 1.807) is 0 Å². The molecule has 2 heterocycles. The zero-order chi connectivity index (χ0) is 16.4. The molecule has 1 aromatic carbocycles. The number of methoxy groups -OCH3 is 1.